The van der Waals surface area contributed by atoms with Crippen molar-refractivity contribution in [2.24, 2.45) is 5.92 Å². The summed E-state index contributed by atoms with van der Waals surface area (Å²) >= 11 is 0. The van der Waals surface area contributed by atoms with Gasteiger partial charge in [-0.3, -0.25) is 9.59 Å². The maximum absolute atomic E-state index is 12.7. The molecule has 0 aliphatic rings. The Kier molecular flexibility index (Phi) is 6.58. The Morgan fingerprint density at radius 1 is 0.714 bits per heavy atom. The SMILES string of the molecule is C[C@H](CNC(=O)c1ccccc1)[C@@H](NC(=O)c1ccccc1)c1ccccc1. The van der Waals surface area contributed by atoms with E-state index in [1.807, 2.05) is 73.7 Å². The zero-order chi connectivity index (χ0) is 19.8. The first-order valence-electron chi connectivity index (χ1n) is 9.39. The van der Waals surface area contributed by atoms with Crippen LogP contribution in [0.15, 0.2) is 91.0 Å². The van der Waals surface area contributed by atoms with Gasteiger partial charge in [-0.05, 0) is 35.7 Å². The van der Waals surface area contributed by atoms with Crippen LogP contribution in [-0.2, 0) is 0 Å². The van der Waals surface area contributed by atoms with Gasteiger partial charge in [0, 0.05) is 17.7 Å². The van der Waals surface area contributed by atoms with E-state index in [0.717, 1.165) is 5.56 Å². The molecule has 0 bridgehead atoms. The summed E-state index contributed by atoms with van der Waals surface area (Å²) < 4.78 is 0. The van der Waals surface area contributed by atoms with Gasteiger partial charge >= 0.3 is 0 Å². The molecule has 2 N–H and O–H groups in total. The van der Waals surface area contributed by atoms with E-state index in [4.69, 9.17) is 0 Å². The first-order chi connectivity index (χ1) is 13.6. The quantitative estimate of drug-likeness (QED) is 0.652. The molecule has 0 unspecified atom stereocenters. The molecule has 3 aromatic rings. The molecule has 0 saturated heterocycles. The number of rotatable bonds is 7. The van der Waals surface area contributed by atoms with Gasteiger partial charge in [0.2, 0.25) is 0 Å². The van der Waals surface area contributed by atoms with Crippen LogP contribution >= 0.6 is 0 Å². The second kappa shape index (κ2) is 9.51. The van der Waals surface area contributed by atoms with Crippen molar-refractivity contribution in [2.75, 3.05) is 6.54 Å². The van der Waals surface area contributed by atoms with Crippen LogP contribution in [0.25, 0.3) is 0 Å². The summed E-state index contributed by atoms with van der Waals surface area (Å²) in [7, 11) is 0. The summed E-state index contributed by atoms with van der Waals surface area (Å²) in [6, 6.07) is 27.9. The van der Waals surface area contributed by atoms with E-state index in [1.165, 1.54) is 0 Å². The van der Waals surface area contributed by atoms with Crippen molar-refractivity contribution in [3.8, 4) is 0 Å². The molecule has 0 aromatic heterocycles. The summed E-state index contributed by atoms with van der Waals surface area (Å²) in [4.78, 5) is 25.0. The van der Waals surface area contributed by atoms with E-state index >= 15 is 0 Å². The normalized spacial score (nSPS) is 12.6. The number of nitrogens with one attached hydrogen (secondary N) is 2. The highest BCUT2D eigenvalue weighted by molar-refractivity contribution is 5.95. The van der Waals surface area contributed by atoms with E-state index in [9.17, 15) is 9.59 Å². The molecule has 0 saturated carbocycles. The highest BCUT2D eigenvalue weighted by Crippen LogP contribution is 2.22. The summed E-state index contributed by atoms with van der Waals surface area (Å²) in [5, 5.41) is 6.09. The molecular formula is C24H24N2O2. The van der Waals surface area contributed by atoms with Crippen molar-refractivity contribution < 1.29 is 9.59 Å². The predicted octanol–water partition coefficient (Wildman–Crippen LogP) is 4.22. The third kappa shape index (κ3) is 5.07. The minimum Gasteiger partial charge on any atom is -0.352 e. The summed E-state index contributed by atoms with van der Waals surface area (Å²) in [6.07, 6.45) is 0. The molecule has 0 fully saturated rings. The number of hydrogen-bond acceptors (Lipinski definition) is 2. The lowest BCUT2D eigenvalue weighted by Crippen LogP contribution is -2.38. The van der Waals surface area contributed by atoms with Gasteiger partial charge in [0.05, 0.1) is 6.04 Å². The minimum absolute atomic E-state index is 0.00252. The Morgan fingerprint density at radius 3 is 1.71 bits per heavy atom. The van der Waals surface area contributed by atoms with Crippen LogP contribution in [0.5, 0.6) is 0 Å². The van der Waals surface area contributed by atoms with Crippen molar-refractivity contribution in [3.63, 3.8) is 0 Å². The van der Waals surface area contributed by atoms with E-state index in [-0.39, 0.29) is 23.8 Å². The molecule has 3 rings (SSSR count). The number of carbonyl (C=O) groups is 2. The van der Waals surface area contributed by atoms with Crippen molar-refractivity contribution in [3.05, 3.63) is 108 Å². The predicted molar refractivity (Wildman–Crippen MR) is 111 cm³/mol. The van der Waals surface area contributed by atoms with Crippen LogP contribution in [-0.4, -0.2) is 18.4 Å². The van der Waals surface area contributed by atoms with E-state index < -0.39 is 0 Å². The van der Waals surface area contributed by atoms with E-state index in [1.54, 1.807) is 24.3 Å². The van der Waals surface area contributed by atoms with Crippen LogP contribution in [0.2, 0.25) is 0 Å². The van der Waals surface area contributed by atoms with Crippen LogP contribution in [0, 0.1) is 5.92 Å². The summed E-state index contributed by atoms with van der Waals surface area (Å²) in [5.41, 5.74) is 2.25. The molecule has 2 atom stereocenters. The van der Waals surface area contributed by atoms with Gasteiger partial charge in [0.15, 0.2) is 0 Å². The summed E-state index contributed by atoms with van der Waals surface area (Å²) in [6.45, 7) is 2.47. The Bertz CT molecular complexity index is 896. The Morgan fingerprint density at radius 2 is 1.18 bits per heavy atom. The van der Waals surface area contributed by atoms with Crippen molar-refractivity contribution in [2.45, 2.75) is 13.0 Å². The molecule has 0 aliphatic heterocycles. The molecule has 142 valence electrons. The molecular weight excluding hydrogens is 348 g/mol. The van der Waals surface area contributed by atoms with E-state index in [2.05, 4.69) is 10.6 Å². The topological polar surface area (TPSA) is 58.2 Å². The molecule has 4 heteroatoms. The average molecular weight is 372 g/mol. The number of amides is 2. The lowest BCUT2D eigenvalue weighted by Gasteiger charge is -2.26. The fourth-order valence-electron chi connectivity index (χ4n) is 3.09. The largest absolute Gasteiger partial charge is 0.352 e. The van der Waals surface area contributed by atoms with Crippen molar-refractivity contribution in [1.82, 2.24) is 10.6 Å². The Labute approximate surface area is 165 Å². The Hall–Kier alpha value is -3.40. The summed E-state index contributed by atoms with van der Waals surface area (Å²) in [5.74, 6) is -0.243. The van der Waals surface area contributed by atoms with Crippen LogP contribution in [0.4, 0.5) is 0 Å². The molecule has 2 amide bonds. The van der Waals surface area contributed by atoms with Crippen molar-refractivity contribution >= 4 is 11.8 Å². The van der Waals surface area contributed by atoms with E-state index in [0.29, 0.717) is 17.7 Å². The van der Waals surface area contributed by atoms with Gasteiger partial charge in [0.1, 0.15) is 0 Å². The number of hydrogen-bond donors (Lipinski definition) is 2. The average Bonchev–Trinajstić information content (AvgIpc) is 2.77. The number of carbonyl (C=O) groups excluding carboxylic acids is 2. The molecule has 4 nitrogen and oxygen atoms in total. The lowest BCUT2D eigenvalue weighted by molar-refractivity contribution is 0.0917. The van der Waals surface area contributed by atoms with Gasteiger partial charge in [-0.25, -0.2) is 0 Å². The fourth-order valence-corrected chi connectivity index (χ4v) is 3.09. The third-order valence-electron chi connectivity index (χ3n) is 4.67. The molecule has 28 heavy (non-hydrogen) atoms. The zero-order valence-corrected chi connectivity index (χ0v) is 15.8. The smallest absolute Gasteiger partial charge is 0.251 e. The molecule has 0 spiro atoms. The second-order valence-corrected chi connectivity index (χ2v) is 6.78. The van der Waals surface area contributed by atoms with Gasteiger partial charge in [-0.2, -0.15) is 0 Å². The fraction of sp³-hybridized carbons (Fsp3) is 0.167. The molecule has 0 aliphatic carbocycles. The number of benzene rings is 3. The van der Waals surface area contributed by atoms with Crippen LogP contribution < -0.4 is 10.6 Å². The highest BCUT2D eigenvalue weighted by Gasteiger charge is 2.22. The zero-order valence-electron chi connectivity index (χ0n) is 15.8. The second-order valence-electron chi connectivity index (χ2n) is 6.78. The highest BCUT2D eigenvalue weighted by atomic mass is 16.2. The van der Waals surface area contributed by atoms with Gasteiger partial charge in [0.25, 0.3) is 11.8 Å². The molecule has 0 radical (unpaired) electrons. The molecule has 3 aromatic carbocycles. The standard InChI is InChI=1S/C24H24N2O2/c1-18(17-25-23(27)20-13-7-3-8-14-20)22(19-11-5-2-6-12-19)26-24(28)21-15-9-4-10-16-21/h2-16,18,22H,17H2,1H3,(H,25,27)(H,26,28)/t18-,22-/m1/s1. The van der Waals surface area contributed by atoms with Crippen molar-refractivity contribution in [1.29, 1.82) is 0 Å². The molecule has 0 heterocycles. The lowest BCUT2D eigenvalue weighted by atomic mass is 9.93. The monoisotopic (exact) mass is 372 g/mol. The first-order valence-corrected chi connectivity index (χ1v) is 9.39. The first kappa shape index (κ1) is 19.4. The van der Waals surface area contributed by atoms with Gasteiger partial charge in [-0.15, -0.1) is 0 Å². The minimum atomic E-state index is -0.218. The maximum atomic E-state index is 12.7. The van der Waals surface area contributed by atoms with Gasteiger partial charge in [-0.1, -0.05) is 73.7 Å². The van der Waals surface area contributed by atoms with Crippen LogP contribution in [0.1, 0.15) is 39.2 Å². The van der Waals surface area contributed by atoms with Crippen LogP contribution in [0.3, 0.4) is 0 Å². The third-order valence-corrected chi connectivity index (χ3v) is 4.67. The maximum Gasteiger partial charge on any atom is 0.251 e. The van der Waals surface area contributed by atoms with Gasteiger partial charge < -0.3 is 10.6 Å². The Balaban J connectivity index is 1.71.